The van der Waals surface area contributed by atoms with Crippen molar-refractivity contribution in [2.24, 2.45) is 5.92 Å². The number of hydrogen-bond acceptors (Lipinski definition) is 3. The van der Waals surface area contributed by atoms with Crippen molar-refractivity contribution in [1.29, 1.82) is 0 Å². The van der Waals surface area contributed by atoms with E-state index in [0.717, 1.165) is 25.7 Å². The molecule has 0 aromatic rings. The number of rotatable bonds is 5. The van der Waals surface area contributed by atoms with Gasteiger partial charge in [-0.25, -0.2) is 0 Å². The van der Waals surface area contributed by atoms with E-state index >= 15 is 0 Å². The van der Waals surface area contributed by atoms with Crippen molar-refractivity contribution in [1.82, 2.24) is 5.32 Å². The van der Waals surface area contributed by atoms with E-state index < -0.39 is 0 Å². The van der Waals surface area contributed by atoms with Crippen LogP contribution in [0.4, 0.5) is 0 Å². The Morgan fingerprint density at radius 1 is 1.54 bits per heavy atom. The fourth-order valence-electron chi connectivity index (χ4n) is 2.06. The fourth-order valence-corrected chi connectivity index (χ4v) is 2.06. The van der Waals surface area contributed by atoms with Gasteiger partial charge in [-0.1, -0.05) is 13.2 Å². The van der Waals surface area contributed by atoms with E-state index in [-0.39, 0.29) is 13.5 Å². The molecule has 1 fully saturated rings. The van der Waals surface area contributed by atoms with Crippen LogP contribution in [0.1, 0.15) is 19.3 Å². The summed E-state index contributed by atoms with van der Waals surface area (Å²) in [6.07, 6.45) is 4.25. The van der Waals surface area contributed by atoms with Crippen molar-refractivity contribution in [3.8, 4) is 0 Å². The topological polar surface area (TPSA) is 52.5 Å². The third kappa shape index (κ3) is 3.67. The average molecular weight is 185 g/mol. The van der Waals surface area contributed by atoms with Crippen molar-refractivity contribution >= 4 is 6.92 Å². The first-order valence-electron chi connectivity index (χ1n) is 5.26. The van der Waals surface area contributed by atoms with E-state index in [1.54, 1.807) is 0 Å². The first-order valence-corrected chi connectivity index (χ1v) is 5.26. The Morgan fingerprint density at radius 2 is 2.31 bits per heavy atom. The summed E-state index contributed by atoms with van der Waals surface area (Å²) < 4.78 is 0. The summed E-state index contributed by atoms with van der Waals surface area (Å²) in [5.74, 6) is 0.615. The second-order valence-electron chi connectivity index (χ2n) is 4.07. The Hall–Kier alpha value is -0.0551. The van der Waals surface area contributed by atoms with Crippen LogP contribution in [0, 0.1) is 5.92 Å². The number of aliphatic hydroxyl groups excluding tert-OH is 1. The molecule has 1 aliphatic heterocycles. The minimum atomic E-state index is -0.179. The second kappa shape index (κ2) is 5.63. The lowest BCUT2D eigenvalue weighted by atomic mass is 9.66. The highest BCUT2D eigenvalue weighted by Gasteiger charge is 2.25. The maximum atomic E-state index is 9.08. The highest BCUT2D eigenvalue weighted by molar-refractivity contribution is 6.48. The van der Waals surface area contributed by atoms with Gasteiger partial charge in [0.15, 0.2) is 0 Å². The lowest BCUT2D eigenvalue weighted by Gasteiger charge is -2.16. The van der Waals surface area contributed by atoms with E-state index in [9.17, 15) is 0 Å². The Morgan fingerprint density at radius 3 is 2.92 bits per heavy atom. The van der Waals surface area contributed by atoms with Gasteiger partial charge in [0.2, 0.25) is 0 Å². The van der Waals surface area contributed by atoms with Crippen LogP contribution < -0.4 is 5.32 Å². The number of hydrogen-bond donors (Lipinski definition) is 3. The predicted molar refractivity (Wildman–Crippen MR) is 54.9 cm³/mol. The van der Waals surface area contributed by atoms with Crippen molar-refractivity contribution in [2.75, 3.05) is 13.2 Å². The highest BCUT2D eigenvalue weighted by atomic mass is 16.3. The number of aliphatic hydroxyl groups is 1. The normalized spacial score (nSPS) is 27.9. The molecule has 76 valence electrons. The van der Waals surface area contributed by atoms with Crippen LogP contribution in [-0.2, 0) is 0 Å². The van der Waals surface area contributed by atoms with Crippen molar-refractivity contribution in [3.05, 3.63) is 0 Å². The van der Waals surface area contributed by atoms with Gasteiger partial charge >= 0.3 is 0 Å². The molecule has 2 atom stereocenters. The molecule has 2 unspecified atom stereocenters. The van der Waals surface area contributed by atoms with Gasteiger partial charge in [-0.05, 0) is 31.6 Å². The molecule has 0 saturated carbocycles. The first-order chi connectivity index (χ1) is 6.24. The largest absolute Gasteiger partial charge is 0.451 e. The Labute approximate surface area is 80.6 Å². The van der Waals surface area contributed by atoms with Crippen LogP contribution >= 0.6 is 0 Å². The molecule has 0 bridgehead atoms. The Bertz CT molecular complexity index is 144. The fraction of sp³-hybridized carbons (Fsp3) is 1.00. The summed E-state index contributed by atoms with van der Waals surface area (Å²) in [6, 6.07) is 0.300. The van der Waals surface area contributed by atoms with Gasteiger partial charge in [0.05, 0.1) is 6.61 Å². The summed E-state index contributed by atoms with van der Waals surface area (Å²) in [7, 11) is 0. The summed E-state index contributed by atoms with van der Waals surface area (Å²) >= 11 is 0. The molecule has 0 spiro atoms. The van der Waals surface area contributed by atoms with Crippen LogP contribution in [0.25, 0.3) is 0 Å². The molecular formula is C9H20BNO2. The molecular weight excluding hydrogens is 165 g/mol. The van der Waals surface area contributed by atoms with Crippen molar-refractivity contribution in [2.45, 2.75) is 38.4 Å². The highest BCUT2D eigenvalue weighted by Crippen LogP contribution is 2.21. The summed E-state index contributed by atoms with van der Waals surface area (Å²) in [5.41, 5.74) is 0. The van der Waals surface area contributed by atoms with E-state index in [0.29, 0.717) is 12.0 Å². The molecule has 1 aliphatic rings. The molecule has 0 aromatic carbocycles. The summed E-state index contributed by atoms with van der Waals surface area (Å²) in [5, 5.41) is 21.4. The average Bonchev–Trinajstić information content (AvgIpc) is 2.51. The maximum Gasteiger partial charge on any atom is 0.285 e. The smallest absolute Gasteiger partial charge is 0.285 e. The Kier molecular flexibility index (Phi) is 4.77. The molecule has 0 aliphatic carbocycles. The van der Waals surface area contributed by atoms with Gasteiger partial charge in [-0.2, -0.15) is 0 Å². The van der Waals surface area contributed by atoms with E-state index in [2.05, 4.69) is 5.32 Å². The van der Waals surface area contributed by atoms with Gasteiger partial charge in [-0.15, -0.1) is 0 Å². The van der Waals surface area contributed by atoms with Gasteiger partial charge in [0.1, 0.15) is 0 Å². The predicted octanol–water partition coefficient (Wildman–Crippen LogP) is 0.351. The van der Waals surface area contributed by atoms with Crippen LogP contribution in [0.3, 0.4) is 0 Å². The van der Waals surface area contributed by atoms with Crippen LogP contribution in [-0.4, -0.2) is 36.2 Å². The van der Waals surface area contributed by atoms with Crippen molar-refractivity contribution < 1.29 is 10.1 Å². The summed E-state index contributed by atoms with van der Waals surface area (Å²) in [6.45, 7) is 2.93. The molecule has 0 amide bonds. The van der Waals surface area contributed by atoms with Gasteiger partial charge < -0.3 is 15.4 Å². The van der Waals surface area contributed by atoms with Gasteiger partial charge in [0.25, 0.3) is 6.92 Å². The third-order valence-corrected chi connectivity index (χ3v) is 2.88. The maximum absolute atomic E-state index is 9.08. The minimum Gasteiger partial charge on any atom is -0.451 e. The molecule has 1 rings (SSSR count). The number of nitrogens with one attached hydrogen (secondary N) is 1. The zero-order valence-electron chi connectivity index (χ0n) is 8.37. The molecule has 1 saturated heterocycles. The molecule has 3 nitrogen and oxygen atoms in total. The summed E-state index contributed by atoms with van der Waals surface area (Å²) in [4.78, 5) is 0. The van der Waals surface area contributed by atoms with E-state index in [1.165, 1.54) is 6.42 Å². The molecule has 13 heavy (non-hydrogen) atoms. The lowest BCUT2D eigenvalue weighted by Crippen LogP contribution is -2.30. The van der Waals surface area contributed by atoms with Gasteiger partial charge in [0, 0.05) is 6.04 Å². The molecule has 0 aromatic heterocycles. The van der Waals surface area contributed by atoms with Crippen molar-refractivity contribution in [3.63, 3.8) is 0 Å². The van der Waals surface area contributed by atoms with Gasteiger partial charge in [-0.3, -0.25) is 0 Å². The second-order valence-corrected chi connectivity index (χ2v) is 4.07. The Balaban J connectivity index is 2.13. The SMILES string of the molecule is CB(O)CCCC1CCNC1CO. The van der Waals surface area contributed by atoms with Crippen LogP contribution in [0.2, 0.25) is 13.1 Å². The monoisotopic (exact) mass is 185 g/mol. The quantitative estimate of drug-likeness (QED) is 0.541. The lowest BCUT2D eigenvalue weighted by molar-refractivity contribution is 0.222. The zero-order chi connectivity index (χ0) is 9.68. The van der Waals surface area contributed by atoms with Crippen LogP contribution in [0.5, 0.6) is 0 Å². The zero-order valence-corrected chi connectivity index (χ0v) is 8.37. The molecule has 1 heterocycles. The molecule has 4 heteroatoms. The molecule has 0 radical (unpaired) electrons. The first kappa shape index (κ1) is 11.0. The molecule has 3 N–H and O–H groups in total. The van der Waals surface area contributed by atoms with E-state index in [1.807, 2.05) is 6.82 Å². The minimum absolute atomic E-state index is 0.179. The van der Waals surface area contributed by atoms with E-state index in [4.69, 9.17) is 10.1 Å². The van der Waals surface area contributed by atoms with Crippen LogP contribution in [0.15, 0.2) is 0 Å². The third-order valence-electron chi connectivity index (χ3n) is 2.88. The standard InChI is InChI=1S/C9H20BNO2/c1-10(13)5-2-3-8-4-6-11-9(8)7-12/h8-9,11-13H,2-7H2,1H3.